The van der Waals surface area contributed by atoms with Crippen molar-refractivity contribution in [2.24, 2.45) is 5.92 Å². The summed E-state index contributed by atoms with van der Waals surface area (Å²) in [7, 11) is 1.64. The first-order chi connectivity index (χ1) is 13.0. The molecule has 150 valence electrons. The summed E-state index contributed by atoms with van der Waals surface area (Å²) in [6.45, 7) is 7.07. The molecule has 1 aromatic rings. The smallest absolute Gasteiger partial charge is 0.276 e. The Hall–Kier alpha value is -2.00. The van der Waals surface area contributed by atoms with Crippen LogP contribution in [0.2, 0.25) is 0 Å². The highest BCUT2D eigenvalue weighted by atomic mass is 16.5. The van der Waals surface area contributed by atoms with Crippen molar-refractivity contribution >= 4 is 11.8 Å². The maximum Gasteiger partial charge on any atom is 0.276 e. The van der Waals surface area contributed by atoms with Gasteiger partial charge in [-0.05, 0) is 25.2 Å². The molecule has 9 heteroatoms. The quantitative estimate of drug-likeness (QED) is 0.701. The number of fused-ring (bicyclic) bond motifs is 1. The number of amides is 2. The highest BCUT2D eigenvalue weighted by molar-refractivity contribution is 6.05. The minimum Gasteiger partial charge on any atom is -0.382 e. The Morgan fingerprint density at radius 2 is 2.04 bits per heavy atom. The number of hydrogen-bond acceptors (Lipinski definition) is 6. The molecule has 9 nitrogen and oxygen atoms in total. The molecular formula is C18H29N5O4. The van der Waals surface area contributed by atoms with E-state index >= 15 is 0 Å². The van der Waals surface area contributed by atoms with Gasteiger partial charge in [0, 0.05) is 26.2 Å². The van der Waals surface area contributed by atoms with Crippen molar-refractivity contribution in [3.8, 4) is 0 Å². The lowest BCUT2D eigenvalue weighted by molar-refractivity contribution is -0.0123. The molecule has 2 aliphatic heterocycles. The number of aromatic nitrogens is 3. The van der Waals surface area contributed by atoms with Gasteiger partial charge in [-0.25, -0.2) is 4.68 Å². The molecule has 0 aromatic carbocycles. The lowest BCUT2D eigenvalue weighted by atomic mass is 10.0. The van der Waals surface area contributed by atoms with Gasteiger partial charge >= 0.3 is 0 Å². The van der Waals surface area contributed by atoms with E-state index in [1.54, 1.807) is 16.7 Å². The van der Waals surface area contributed by atoms with E-state index in [9.17, 15) is 9.59 Å². The van der Waals surface area contributed by atoms with Crippen molar-refractivity contribution in [2.75, 3.05) is 33.4 Å². The number of methoxy groups -OCH3 is 1. The molecule has 3 heterocycles. The normalized spacial score (nSPS) is 20.7. The summed E-state index contributed by atoms with van der Waals surface area (Å²) in [4.78, 5) is 27.1. The Morgan fingerprint density at radius 1 is 1.30 bits per heavy atom. The first-order valence-corrected chi connectivity index (χ1v) is 9.63. The Bertz CT molecular complexity index is 667. The second-order valence-electron chi connectivity index (χ2n) is 7.62. The molecule has 1 aromatic heterocycles. The predicted molar refractivity (Wildman–Crippen MR) is 97.5 cm³/mol. The molecule has 3 rings (SSSR count). The van der Waals surface area contributed by atoms with Gasteiger partial charge in [-0.2, -0.15) is 0 Å². The van der Waals surface area contributed by atoms with Crippen molar-refractivity contribution in [1.29, 1.82) is 0 Å². The zero-order chi connectivity index (χ0) is 19.4. The van der Waals surface area contributed by atoms with Crippen molar-refractivity contribution in [1.82, 2.24) is 25.2 Å². The molecule has 1 atom stereocenters. The molecule has 1 N–H and O–H groups in total. The summed E-state index contributed by atoms with van der Waals surface area (Å²) in [6.07, 6.45) is 2.53. The molecule has 0 saturated carbocycles. The average Bonchev–Trinajstić information content (AvgIpc) is 3.06. The van der Waals surface area contributed by atoms with Crippen molar-refractivity contribution in [3.63, 3.8) is 0 Å². The number of carbonyl (C=O) groups excluding carboxylic acids is 2. The minimum atomic E-state index is -0.266. The van der Waals surface area contributed by atoms with E-state index in [-0.39, 0.29) is 35.3 Å². The van der Waals surface area contributed by atoms with Gasteiger partial charge in [0.25, 0.3) is 11.8 Å². The third-order valence-corrected chi connectivity index (χ3v) is 5.01. The van der Waals surface area contributed by atoms with E-state index in [2.05, 4.69) is 29.5 Å². The van der Waals surface area contributed by atoms with Gasteiger partial charge < -0.3 is 19.7 Å². The molecule has 27 heavy (non-hydrogen) atoms. The lowest BCUT2D eigenvalue weighted by Gasteiger charge is -2.32. The zero-order valence-electron chi connectivity index (χ0n) is 16.3. The molecule has 2 aliphatic rings. The maximum absolute atomic E-state index is 12.9. The number of nitrogens with one attached hydrogen (secondary N) is 1. The van der Waals surface area contributed by atoms with Gasteiger partial charge in [0.1, 0.15) is 0 Å². The van der Waals surface area contributed by atoms with E-state index in [1.807, 2.05) is 0 Å². The Balaban J connectivity index is 1.61. The van der Waals surface area contributed by atoms with Crippen molar-refractivity contribution < 1.29 is 19.1 Å². The van der Waals surface area contributed by atoms with Crippen molar-refractivity contribution in [2.45, 2.75) is 51.8 Å². The molecule has 1 fully saturated rings. The molecule has 1 saturated heterocycles. The van der Waals surface area contributed by atoms with Crippen LogP contribution in [0, 0.1) is 5.92 Å². The van der Waals surface area contributed by atoms with Crippen LogP contribution in [-0.2, 0) is 16.0 Å². The molecular weight excluding hydrogens is 350 g/mol. The first-order valence-electron chi connectivity index (χ1n) is 9.63. The number of nitrogens with zero attached hydrogens (tertiary/aromatic N) is 4. The SMILES string of the molecule is COCCOC1CCN(C(=O)c2nnn3c2C(=O)N[C@@H](CC(C)C)C3)CC1. The van der Waals surface area contributed by atoms with Crippen molar-refractivity contribution in [3.05, 3.63) is 11.4 Å². The van der Waals surface area contributed by atoms with Crippen LogP contribution in [0.5, 0.6) is 0 Å². The monoisotopic (exact) mass is 379 g/mol. The van der Waals surface area contributed by atoms with Gasteiger partial charge in [-0.1, -0.05) is 19.1 Å². The number of rotatable bonds is 7. The average molecular weight is 379 g/mol. The summed E-state index contributed by atoms with van der Waals surface area (Å²) in [5.74, 6) is -0.0315. The third kappa shape index (κ3) is 4.65. The van der Waals surface area contributed by atoms with Crippen LogP contribution in [-0.4, -0.2) is 77.3 Å². The van der Waals surface area contributed by atoms with Crippen LogP contribution < -0.4 is 5.32 Å². The summed E-state index contributed by atoms with van der Waals surface area (Å²) in [5.41, 5.74) is 0.424. The number of hydrogen-bond donors (Lipinski definition) is 1. The van der Waals surface area contributed by atoms with E-state index in [0.717, 1.165) is 19.3 Å². The highest BCUT2D eigenvalue weighted by Crippen LogP contribution is 2.20. The van der Waals surface area contributed by atoms with Crippen LogP contribution in [0.25, 0.3) is 0 Å². The fraction of sp³-hybridized carbons (Fsp3) is 0.778. The summed E-state index contributed by atoms with van der Waals surface area (Å²) >= 11 is 0. The van der Waals surface area contributed by atoms with E-state index in [0.29, 0.717) is 38.8 Å². The maximum atomic E-state index is 12.9. The highest BCUT2D eigenvalue weighted by Gasteiger charge is 2.35. The van der Waals surface area contributed by atoms with E-state index in [1.165, 1.54) is 0 Å². The van der Waals surface area contributed by atoms with Crippen LogP contribution in [0.3, 0.4) is 0 Å². The molecule has 0 spiro atoms. The Morgan fingerprint density at radius 3 is 2.70 bits per heavy atom. The molecule has 0 bridgehead atoms. The molecule has 0 unspecified atom stereocenters. The van der Waals surface area contributed by atoms with E-state index < -0.39 is 0 Å². The first kappa shape index (κ1) is 19.8. The second kappa shape index (κ2) is 8.79. The fourth-order valence-corrected chi connectivity index (χ4v) is 3.69. The predicted octanol–water partition coefficient (Wildman–Crippen LogP) is 0.704. The van der Waals surface area contributed by atoms with Gasteiger partial charge in [0.05, 0.1) is 25.9 Å². The van der Waals surface area contributed by atoms with E-state index in [4.69, 9.17) is 9.47 Å². The van der Waals surface area contributed by atoms with Crippen LogP contribution >= 0.6 is 0 Å². The summed E-state index contributed by atoms with van der Waals surface area (Å²) < 4.78 is 12.3. The molecule has 0 radical (unpaired) electrons. The largest absolute Gasteiger partial charge is 0.382 e. The summed E-state index contributed by atoms with van der Waals surface area (Å²) in [5, 5.41) is 11.1. The topological polar surface area (TPSA) is 98.6 Å². The lowest BCUT2D eigenvalue weighted by Crippen LogP contribution is -2.46. The standard InChI is InChI=1S/C18H29N5O4/c1-12(2)10-13-11-23-16(17(24)19-13)15(20-21-23)18(25)22-6-4-14(5-7-22)27-9-8-26-3/h12-14H,4-11H2,1-3H3,(H,19,24)/t13-/m0/s1. The number of likely N-dealkylation sites (tertiary alicyclic amines) is 1. The number of carbonyl (C=O) groups is 2. The van der Waals surface area contributed by atoms with Crippen LogP contribution in [0.15, 0.2) is 0 Å². The fourth-order valence-electron chi connectivity index (χ4n) is 3.69. The minimum absolute atomic E-state index is 0.0228. The van der Waals surface area contributed by atoms with Crippen LogP contribution in [0.4, 0.5) is 0 Å². The van der Waals surface area contributed by atoms with Gasteiger partial charge in [0.15, 0.2) is 11.4 Å². The Kier molecular flexibility index (Phi) is 6.43. The Labute approximate surface area is 159 Å². The van der Waals surface area contributed by atoms with Gasteiger partial charge in [-0.3, -0.25) is 9.59 Å². The number of ether oxygens (including phenoxy) is 2. The number of piperidine rings is 1. The van der Waals surface area contributed by atoms with Crippen LogP contribution in [0.1, 0.15) is 54.1 Å². The van der Waals surface area contributed by atoms with Gasteiger partial charge in [0.2, 0.25) is 0 Å². The molecule has 2 amide bonds. The summed E-state index contributed by atoms with van der Waals surface area (Å²) in [6, 6.07) is 0.0228. The zero-order valence-corrected chi connectivity index (χ0v) is 16.3. The molecule has 0 aliphatic carbocycles. The third-order valence-electron chi connectivity index (χ3n) is 5.01. The van der Waals surface area contributed by atoms with Gasteiger partial charge in [-0.15, -0.1) is 5.10 Å². The second-order valence-corrected chi connectivity index (χ2v) is 7.62.